The second-order valence-corrected chi connectivity index (χ2v) is 10.7. The Morgan fingerprint density at radius 2 is 1.23 bits per heavy atom. The molecule has 0 bridgehead atoms. The first kappa shape index (κ1) is 22.4. The molecule has 0 aliphatic heterocycles. The Kier molecular flexibility index (Phi) is 6.61. The van der Waals surface area contributed by atoms with E-state index in [-0.39, 0.29) is 15.5 Å². The van der Waals surface area contributed by atoms with Crippen LogP contribution in [0.5, 0.6) is 5.75 Å². The number of sulfonamides is 2. The Bertz CT molecular complexity index is 1260. The third-order valence-electron chi connectivity index (χ3n) is 3.95. The fraction of sp³-hybridized carbons (Fsp3) is 0.0526. The van der Waals surface area contributed by atoms with Gasteiger partial charge in [-0.15, -0.1) is 0 Å². The van der Waals surface area contributed by atoms with Crippen LogP contribution in [0.3, 0.4) is 0 Å². The minimum absolute atomic E-state index is 0.0208. The molecule has 0 saturated carbocycles. The van der Waals surface area contributed by atoms with Crippen LogP contribution in [0.25, 0.3) is 0 Å². The molecule has 0 aromatic heterocycles. The lowest BCUT2D eigenvalue weighted by atomic mass is 10.3. The standard InChI is InChI=1S/C19H16BrClN2O5S2/c1-28-19-11-10-17(12-18(19)20)30(26,27)23-15-6-8-16(9-7-15)29(24,25)22-14-4-2-13(21)3-5-14/h2-12,22-23H,1H3. The summed E-state index contributed by atoms with van der Waals surface area (Å²) in [6, 6.07) is 15.9. The average molecular weight is 532 g/mol. The van der Waals surface area contributed by atoms with E-state index < -0.39 is 20.0 Å². The molecule has 2 N–H and O–H groups in total. The summed E-state index contributed by atoms with van der Waals surface area (Å²) in [4.78, 5) is 0.00358. The maximum atomic E-state index is 12.6. The third-order valence-corrected chi connectivity index (χ3v) is 7.59. The topological polar surface area (TPSA) is 102 Å². The van der Waals surface area contributed by atoms with Crippen LogP contribution in [0.2, 0.25) is 5.02 Å². The fourth-order valence-electron chi connectivity index (χ4n) is 2.46. The van der Waals surface area contributed by atoms with Crippen LogP contribution >= 0.6 is 27.5 Å². The van der Waals surface area contributed by atoms with Crippen LogP contribution in [0.15, 0.2) is 81.0 Å². The van der Waals surface area contributed by atoms with Gasteiger partial charge in [0.25, 0.3) is 20.0 Å². The van der Waals surface area contributed by atoms with Gasteiger partial charge < -0.3 is 4.74 Å². The van der Waals surface area contributed by atoms with Gasteiger partial charge in [-0.05, 0) is 82.7 Å². The molecule has 3 aromatic carbocycles. The van der Waals surface area contributed by atoms with E-state index in [2.05, 4.69) is 25.4 Å². The molecule has 0 heterocycles. The smallest absolute Gasteiger partial charge is 0.261 e. The van der Waals surface area contributed by atoms with Gasteiger partial charge in [-0.25, -0.2) is 16.8 Å². The minimum Gasteiger partial charge on any atom is -0.496 e. The van der Waals surface area contributed by atoms with Gasteiger partial charge >= 0.3 is 0 Å². The first-order chi connectivity index (χ1) is 14.1. The van der Waals surface area contributed by atoms with Gasteiger partial charge in [-0.2, -0.15) is 0 Å². The minimum atomic E-state index is -3.87. The van der Waals surface area contributed by atoms with Crippen LogP contribution < -0.4 is 14.2 Å². The Labute approximate surface area is 188 Å². The SMILES string of the molecule is COc1ccc(S(=O)(=O)Nc2ccc(S(=O)(=O)Nc3ccc(Cl)cc3)cc2)cc1Br. The Morgan fingerprint density at radius 1 is 0.767 bits per heavy atom. The molecule has 0 atom stereocenters. The van der Waals surface area contributed by atoms with Crippen molar-refractivity contribution >= 4 is 59.0 Å². The summed E-state index contributed by atoms with van der Waals surface area (Å²) in [6.07, 6.45) is 0. The predicted octanol–water partition coefficient (Wildman–Crippen LogP) is 4.71. The lowest BCUT2D eigenvalue weighted by molar-refractivity contribution is 0.411. The lowest BCUT2D eigenvalue weighted by Gasteiger charge is -2.11. The predicted molar refractivity (Wildman–Crippen MR) is 120 cm³/mol. The van der Waals surface area contributed by atoms with E-state index in [0.29, 0.717) is 20.9 Å². The van der Waals surface area contributed by atoms with Gasteiger partial charge in [-0.3, -0.25) is 9.44 Å². The molecule has 11 heteroatoms. The molecule has 0 fully saturated rings. The number of rotatable bonds is 7. The van der Waals surface area contributed by atoms with E-state index in [0.717, 1.165) is 0 Å². The molecule has 0 aliphatic rings. The second kappa shape index (κ2) is 8.84. The van der Waals surface area contributed by atoms with E-state index in [4.69, 9.17) is 16.3 Å². The normalized spacial score (nSPS) is 11.7. The van der Waals surface area contributed by atoms with Crippen molar-refractivity contribution in [3.63, 3.8) is 0 Å². The van der Waals surface area contributed by atoms with Crippen LogP contribution in [-0.2, 0) is 20.0 Å². The molecule has 0 amide bonds. The zero-order valence-electron chi connectivity index (χ0n) is 15.5. The van der Waals surface area contributed by atoms with E-state index in [1.54, 1.807) is 12.1 Å². The van der Waals surface area contributed by atoms with E-state index in [1.165, 1.54) is 61.7 Å². The highest BCUT2D eigenvalue weighted by Crippen LogP contribution is 2.28. The quantitative estimate of drug-likeness (QED) is 0.460. The number of anilines is 2. The first-order valence-corrected chi connectivity index (χ1v) is 12.5. The monoisotopic (exact) mass is 530 g/mol. The number of methoxy groups -OCH3 is 1. The van der Waals surface area contributed by atoms with Gasteiger partial charge in [-0.1, -0.05) is 11.6 Å². The van der Waals surface area contributed by atoms with Crippen LogP contribution in [0.4, 0.5) is 11.4 Å². The maximum absolute atomic E-state index is 12.6. The van der Waals surface area contributed by atoms with E-state index in [1.807, 2.05) is 0 Å². The number of ether oxygens (including phenoxy) is 1. The summed E-state index contributed by atoms with van der Waals surface area (Å²) < 4.78 is 60.6. The maximum Gasteiger partial charge on any atom is 0.261 e. The summed E-state index contributed by atoms with van der Waals surface area (Å²) in [5, 5.41) is 0.485. The molecule has 30 heavy (non-hydrogen) atoms. The fourth-order valence-corrected chi connectivity index (χ4v) is 5.42. The van der Waals surface area contributed by atoms with Crippen LogP contribution in [-0.4, -0.2) is 23.9 Å². The summed E-state index contributed by atoms with van der Waals surface area (Å²) in [7, 11) is -6.24. The summed E-state index contributed by atoms with van der Waals surface area (Å²) in [5.41, 5.74) is 0.571. The van der Waals surface area contributed by atoms with Crippen molar-refractivity contribution in [3.05, 3.63) is 76.2 Å². The zero-order valence-corrected chi connectivity index (χ0v) is 19.4. The van der Waals surface area contributed by atoms with E-state index >= 15 is 0 Å². The number of halogens is 2. The highest BCUT2D eigenvalue weighted by molar-refractivity contribution is 9.10. The highest BCUT2D eigenvalue weighted by Gasteiger charge is 2.18. The third kappa shape index (κ3) is 5.25. The first-order valence-electron chi connectivity index (χ1n) is 8.35. The van der Waals surface area contributed by atoms with Crippen molar-refractivity contribution in [1.82, 2.24) is 0 Å². The largest absolute Gasteiger partial charge is 0.496 e. The molecule has 7 nitrogen and oxygen atoms in total. The van der Waals surface area contributed by atoms with Crippen molar-refractivity contribution in [1.29, 1.82) is 0 Å². The molecule has 0 unspecified atom stereocenters. The van der Waals surface area contributed by atoms with E-state index in [9.17, 15) is 16.8 Å². The van der Waals surface area contributed by atoms with Crippen LogP contribution in [0, 0.1) is 0 Å². The van der Waals surface area contributed by atoms with Gasteiger partial charge in [0.15, 0.2) is 0 Å². The van der Waals surface area contributed by atoms with Crippen LogP contribution in [0.1, 0.15) is 0 Å². The summed E-state index contributed by atoms with van der Waals surface area (Å²) in [6.45, 7) is 0. The lowest BCUT2D eigenvalue weighted by Crippen LogP contribution is -2.14. The molecular weight excluding hydrogens is 516 g/mol. The molecular formula is C19H16BrClN2O5S2. The second-order valence-electron chi connectivity index (χ2n) is 6.04. The average Bonchev–Trinajstić information content (AvgIpc) is 2.69. The summed E-state index contributed by atoms with van der Waals surface area (Å²) in [5.74, 6) is 0.497. The van der Waals surface area contributed by atoms with Gasteiger partial charge in [0.05, 0.1) is 21.4 Å². The molecule has 0 saturated heterocycles. The number of hydrogen-bond donors (Lipinski definition) is 2. The Hall–Kier alpha value is -2.27. The van der Waals surface area contributed by atoms with Crippen molar-refractivity contribution in [2.75, 3.05) is 16.6 Å². The van der Waals surface area contributed by atoms with Crippen molar-refractivity contribution in [3.8, 4) is 5.75 Å². The highest BCUT2D eigenvalue weighted by atomic mass is 79.9. The molecule has 0 aliphatic carbocycles. The molecule has 0 spiro atoms. The number of hydrogen-bond acceptors (Lipinski definition) is 5. The number of nitrogens with one attached hydrogen (secondary N) is 2. The molecule has 158 valence electrons. The van der Waals surface area contributed by atoms with Gasteiger partial charge in [0.2, 0.25) is 0 Å². The van der Waals surface area contributed by atoms with Crippen molar-refractivity contribution in [2.45, 2.75) is 9.79 Å². The molecule has 0 radical (unpaired) electrons. The summed E-state index contributed by atoms with van der Waals surface area (Å²) >= 11 is 9.05. The van der Waals surface area contributed by atoms with Gasteiger partial charge in [0.1, 0.15) is 5.75 Å². The van der Waals surface area contributed by atoms with Crippen molar-refractivity contribution in [2.24, 2.45) is 0 Å². The number of benzene rings is 3. The Balaban J connectivity index is 1.78. The zero-order chi connectivity index (χ0) is 21.9. The van der Waals surface area contributed by atoms with Gasteiger partial charge in [0, 0.05) is 16.4 Å². The van der Waals surface area contributed by atoms with Crippen molar-refractivity contribution < 1.29 is 21.6 Å². The Morgan fingerprint density at radius 3 is 1.73 bits per heavy atom. The molecule has 3 aromatic rings. The molecule has 3 rings (SSSR count).